The van der Waals surface area contributed by atoms with Crippen molar-refractivity contribution in [3.05, 3.63) is 53.6 Å². The number of rotatable bonds is 7. The number of phenolic OH excluding ortho intramolecular Hbond substituents is 2. The Labute approximate surface area is 171 Å². The predicted octanol–water partition coefficient (Wildman–Crippen LogP) is 1.82. The van der Waals surface area contributed by atoms with E-state index >= 15 is 0 Å². The van der Waals surface area contributed by atoms with Gasteiger partial charge in [-0.25, -0.2) is 4.79 Å². The van der Waals surface area contributed by atoms with Crippen molar-refractivity contribution in [1.29, 1.82) is 0 Å². The van der Waals surface area contributed by atoms with Crippen molar-refractivity contribution < 1.29 is 34.4 Å². The Kier molecular flexibility index (Phi) is 8.18. The van der Waals surface area contributed by atoms with Crippen LogP contribution in [0.5, 0.6) is 23.0 Å². The van der Waals surface area contributed by atoms with Gasteiger partial charge in [0.15, 0.2) is 23.9 Å². The molecule has 3 N–H and O–H groups in total. The first-order valence-electron chi connectivity index (χ1n) is 7.17. The summed E-state index contributed by atoms with van der Waals surface area (Å²) in [7, 11) is 1.43. The molecule has 0 saturated carbocycles. The molecule has 2 aromatic rings. The summed E-state index contributed by atoms with van der Waals surface area (Å²) in [5.74, 6) is -1.53. The van der Waals surface area contributed by atoms with E-state index in [1.165, 1.54) is 43.5 Å². The van der Waals surface area contributed by atoms with E-state index in [4.69, 9.17) is 14.6 Å². The van der Waals surface area contributed by atoms with Gasteiger partial charge in [-0.1, -0.05) is 12.1 Å². The number of ether oxygens (including phenoxy) is 2. The van der Waals surface area contributed by atoms with E-state index < -0.39 is 18.4 Å². The molecule has 26 heavy (non-hydrogen) atoms. The van der Waals surface area contributed by atoms with Gasteiger partial charge in [0.1, 0.15) is 11.5 Å². The number of hydrogen-bond acceptors (Lipinski definition) is 6. The van der Waals surface area contributed by atoms with Gasteiger partial charge < -0.3 is 24.8 Å². The Morgan fingerprint density at radius 2 is 1.81 bits per heavy atom. The molecule has 0 saturated heterocycles. The van der Waals surface area contributed by atoms with E-state index in [0.717, 1.165) is 0 Å². The van der Waals surface area contributed by atoms with Crippen LogP contribution in [0.1, 0.15) is 15.9 Å². The third kappa shape index (κ3) is 5.80. The Bertz CT molecular complexity index is 830. The average molecular weight is 368 g/mol. The van der Waals surface area contributed by atoms with Gasteiger partial charge in [0.05, 0.1) is 12.7 Å². The first kappa shape index (κ1) is 21.6. The van der Waals surface area contributed by atoms with E-state index in [9.17, 15) is 19.8 Å². The molecule has 0 bridgehead atoms. The molecular weight excluding hydrogens is 351 g/mol. The molecule has 7 nitrogen and oxygen atoms in total. The number of aliphatic carboxylic acids is 1. The van der Waals surface area contributed by atoms with E-state index in [-0.39, 0.29) is 52.4 Å². The van der Waals surface area contributed by atoms with Crippen LogP contribution in [0, 0.1) is 0 Å². The molecule has 0 amide bonds. The van der Waals surface area contributed by atoms with Crippen molar-refractivity contribution in [2.24, 2.45) is 0 Å². The van der Waals surface area contributed by atoms with Crippen molar-refractivity contribution in [3.8, 4) is 23.0 Å². The Balaban J connectivity index is 0.00000338. The zero-order valence-electron chi connectivity index (χ0n) is 13.3. The van der Waals surface area contributed by atoms with Crippen molar-refractivity contribution in [3.63, 3.8) is 0 Å². The fraction of sp³-hybridized carbons (Fsp3) is 0.111. The number of aromatic hydroxyl groups is 2. The molecule has 0 aliphatic carbocycles. The molecule has 8 heteroatoms. The molecule has 0 heterocycles. The number of phenols is 2. The van der Waals surface area contributed by atoms with Gasteiger partial charge in [0.2, 0.25) is 0 Å². The van der Waals surface area contributed by atoms with Crippen molar-refractivity contribution >= 4 is 47.4 Å². The number of ketones is 1. The summed E-state index contributed by atoms with van der Waals surface area (Å²) in [5, 5.41) is 28.1. The van der Waals surface area contributed by atoms with Gasteiger partial charge in [-0.2, -0.15) is 0 Å². The SMILES string of the molecule is COc1ccc(/C=C/C(=O)c2ccc(OCC(=O)O)cc2O)cc1O.[NaH]. The van der Waals surface area contributed by atoms with Gasteiger partial charge in [-0.15, -0.1) is 0 Å². The molecule has 132 valence electrons. The molecule has 0 atom stereocenters. The Hall–Kier alpha value is -2.48. The molecule has 0 aromatic heterocycles. The van der Waals surface area contributed by atoms with E-state index in [0.29, 0.717) is 11.3 Å². The number of allylic oxidation sites excluding steroid dienone is 1. The van der Waals surface area contributed by atoms with E-state index in [2.05, 4.69) is 0 Å². The molecular formula is C18H17NaO7. The third-order valence-corrected chi connectivity index (χ3v) is 3.23. The van der Waals surface area contributed by atoms with Crippen molar-refractivity contribution in [2.75, 3.05) is 13.7 Å². The zero-order chi connectivity index (χ0) is 18.4. The van der Waals surface area contributed by atoms with Crippen LogP contribution in [0.4, 0.5) is 0 Å². The van der Waals surface area contributed by atoms with Gasteiger partial charge in [0.25, 0.3) is 0 Å². The Morgan fingerprint density at radius 3 is 2.38 bits per heavy atom. The maximum absolute atomic E-state index is 12.2. The van der Waals surface area contributed by atoms with Gasteiger partial charge in [-0.3, -0.25) is 4.79 Å². The zero-order valence-corrected chi connectivity index (χ0v) is 13.3. The molecule has 0 radical (unpaired) electrons. The van der Waals surface area contributed by atoms with Gasteiger partial charge in [0, 0.05) is 6.07 Å². The van der Waals surface area contributed by atoms with Gasteiger partial charge in [-0.05, 0) is 35.9 Å². The van der Waals surface area contributed by atoms with Crippen LogP contribution in [-0.4, -0.2) is 70.3 Å². The molecule has 0 fully saturated rings. The number of methoxy groups -OCH3 is 1. The summed E-state index contributed by atoms with van der Waals surface area (Å²) in [6.45, 7) is -0.548. The molecule has 0 unspecified atom stereocenters. The van der Waals surface area contributed by atoms with Crippen molar-refractivity contribution in [2.45, 2.75) is 0 Å². The van der Waals surface area contributed by atoms with Gasteiger partial charge >= 0.3 is 35.5 Å². The standard InChI is InChI=1S/C18H16O7.Na.H/c1-24-17-7-3-11(8-16(17)21)2-6-14(19)13-5-4-12(9-15(13)20)25-10-18(22)23;;/h2-9,20-21H,10H2,1H3,(H,22,23);;/b6-2+;;. The number of carbonyl (C=O) groups excluding carboxylic acids is 1. The average Bonchev–Trinajstić information content (AvgIpc) is 2.58. The van der Waals surface area contributed by atoms with Crippen LogP contribution >= 0.6 is 0 Å². The number of carboxylic acids is 1. The summed E-state index contributed by atoms with van der Waals surface area (Å²) in [4.78, 5) is 22.6. The van der Waals surface area contributed by atoms with Crippen LogP contribution in [0.15, 0.2) is 42.5 Å². The predicted molar refractivity (Wildman–Crippen MR) is 96.4 cm³/mol. The second-order valence-electron chi connectivity index (χ2n) is 4.99. The molecule has 2 aromatic carbocycles. The second-order valence-corrected chi connectivity index (χ2v) is 4.99. The van der Waals surface area contributed by atoms with Crippen LogP contribution in [-0.2, 0) is 4.79 Å². The minimum absolute atomic E-state index is 0. The fourth-order valence-electron chi connectivity index (χ4n) is 2.03. The second kappa shape index (κ2) is 9.86. The monoisotopic (exact) mass is 368 g/mol. The Morgan fingerprint density at radius 1 is 1.08 bits per heavy atom. The summed E-state index contributed by atoms with van der Waals surface area (Å²) in [5.41, 5.74) is 0.615. The first-order chi connectivity index (χ1) is 11.9. The summed E-state index contributed by atoms with van der Waals surface area (Å²) in [6.07, 6.45) is 2.73. The maximum atomic E-state index is 12.2. The molecule has 0 aliphatic heterocycles. The van der Waals surface area contributed by atoms with E-state index in [1.807, 2.05) is 0 Å². The topological polar surface area (TPSA) is 113 Å². The number of carbonyl (C=O) groups is 2. The summed E-state index contributed by atoms with van der Waals surface area (Å²) >= 11 is 0. The summed E-state index contributed by atoms with van der Waals surface area (Å²) < 4.78 is 9.85. The van der Waals surface area contributed by atoms with Crippen LogP contribution in [0.25, 0.3) is 6.08 Å². The molecule has 0 aliphatic rings. The third-order valence-electron chi connectivity index (χ3n) is 3.23. The van der Waals surface area contributed by atoms with Crippen LogP contribution in [0.3, 0.4) is 0 Å². The van der Waals surface area contributed by atoms with Crippen LogP contribution < -0.4 is 9.47 Å². The first-order valence-corrected chi connectivity index (χ1v) is 7.17. The van der Waals surface area contributed by atoms with Crippen molar-refractivity contribution in [1.82, 2.24) is 0 Å². The number of hydrogen-bond donors (Lipinski definition) is 3. The van der Waals surface area contributed by atoms with Crippen LogP contribution in [0.2, 0.25) is 0 Å². The molecule has 2 rings (SSSR count). The molecule has 0 spiro atoms. The minimum atomic E-state index is -1.15. The summed E-state index contributed by atoms with van der Waals surface area (Å²) in [6, 6.07) is 8.55. The fourth-order valence-corrected chi connectivity index (χ4v) is 2.03. The normalized spacial score (nSPS) is 10.2. The number of benzene rings is 2. The van der Waals surface area contributed by atoms with E-state index in [1.54, 1.807) is 12.1 Å². The quantitative estimate of drug-likeness (QED) is 0.388. The number of carboxylic acid groups (broad SMARTS) is 1.